The maximum absolute atomic E-state index is 11.4. The molecule has 1 aromatic heterocycles. The number of hydrogen-bond acceptors (Lipinski definition) is 5. The van der Waals surface area contributed by atoms with Crippen LogP contribution in [0.4, 0.5) is 0 Å². The summed E-state index contributed by atoms with van der Waals surface area (Å²) in [5.74, 6) is 1.55. The van der Waals surface area contributed by atoms with Crippen molar-refractivity contribution in [2.45, 2.75) is 19.7 Å². The fourth-order valence-corrected chi connectivity index (χ4v) is 3.49. The van der Waals surface area contributed by atoms with Crippen LogP contribution in [-0.4, -0.2) is 19.1 Å². The number of ether oxygens (including phenoxy) is 2. The van der Waals surface area contributed by atoms with Crippen LogP contribution in [-0.2, 0) is 19.7 Å². The summed E-state index contributed by atoms with van der Waals surface area (Å²) >= 11 is 0. The molecule has 0 spiro atoms. The lowest BCUT2D eigenvalue weighted by Gasteiger charge is -2.17. The number of rotatable bonds is 8. The molecule has 0 amide bonds. The smallest absolute Gasteiger partial charge is 0.336 e. The standard InChI is InChI=1S/C26H25NO4/c1-27(17-21-4-3-5-23(14-21)29-2)16-19-6-8-20(9-7-19)18-30-24-12-10-22-11-13-26(28)31-25(22)15-24/h3-15H,16-18H2,1-2H3. The second kappa shape index (κ2) is 9.49. The van der Waals surface area contributed by atoms with Crippen molar-refractivity contribution in [3.05, 3.63) is 106 Å². The molecule has 158 valence electrons. The van der Waals surface area contributed by atoms with Gasteiger partial charge < -0.3 is 13.9 Å². The SMILES string of the molecule is COc1cccc(CN(C)Cc2ccc(COc3ccc4ccc(=O)oc4c3)cc2)c1. The maximum Gasteiger partial charge on any atom is 0.336 e. The van der Waals surface area contributed by atoms with E-state index in [1.807, 2.05) is 24.3 Å². The van der Waals surface area contributed by atoms with Gasteiger partial charge in [-0.25, -0.2) is 4.79 Å². The predicted molar refractivity (Wildman–Crippen MR) is 121 cm³/mol. The summed E-state index contributed by atoms with van der Waals surface area (Å²) in [6.07, 6.45) is 0. The van der Waals surface area contributed by atoms with Gasteiger partial charge in [0, 0.05) is 30.6 Å². The normalized spacial score (nSPS) is 11.1. The molecule has 0 bridgehead atoms. The van der Waals surface area contributed by atoms with Crippen molar-refractivity contribution in [1.82, 2.24) is 4.90 Å². The van der Waals surface area contributed by atoms with Gasteiger partial charge in [-0.15, -0.1) is 0 Å². The molecule has 5 heteroatoms. The third-order valence-corrected chi connectivity index (χ3v) is 5.06. The highest BCUT2D eigenvalue weighted by molar-refractivity contribution is 5.77. The number of fused-ring (bicyclic) bond motifs is 1. The molecule has 1 heterocycles. The van der Waals surface area contributed by atoms with Crippen LogP contribution in [0.1, 0.15) is 16.7 Å². The molecule has 4 rings (SSSR count). The lowest BCUT2D eigenvalue weighted by molar-refractivity contribution is 0.305. The lowest BCUT2D eigenvalue weighted by atomic mass is 10.1. The van der Waals surface area contributed by atoms with Crippen molar-refractivity contribution >= 4 is 11.0 Å². The van der Waals surface area contributed by atoms with Crippen molar-refractivity contribution < 1.29 is 13.9 Å². The second-order valence-corrected chi connectivity index (χ2v) is 7.58. The van der Waals surface area contributed by atoms with E-state index in [1.165, 1.54) is 17.2 Å². The first-order valence-electron chi connectivity index (χ1n) is 10.1. The Morgan fingerprint density at radius 2 is 1.55 bits per heavy atom. The zero-order valence-corrected chi connectivity index (χ0v) is 17.7. The van der Waals surface area contributed by atoms with Crippen molar-refractivity contribution in [2.24, 2.45) is 0 Å². The zero-order chi connectivity index (χ0) is 21.6. The van der Waals surface area contributed by atoms with E-state index in [0.29, 0.717) is 17.9 Å². The highest BCUT2D eigenvalue weighted by Gasteiger charge is 2.05. The van der Waals surface area contributed by atoms with Gasteiger partial charge in [0.2, 0.25) is 0 Å². The van der Waals surface area contributed by atoms with Crippen LogP contribution < -0.4 is 15.1 Å². The third kappa shape index (κ3) is 5.53. The summed E-state index contributed by atoms with van der Waals surface area (Å²) in [6.45, 7) is 2.14. The Balaban J connectivity index is 1.33. The summed E-state index contributed by atoms with van der Waals surface area (Å²) in [5.41, 5.74) is 3.70. The van der Waals surface area contributed by atoms with E-state index in [4.69, 9.17) is 13.9 Å². The number of methoxy groups -OCH3 is 1. The van der Waals surface area contributed by atoms with E-state index in [1.54, 1.807) is 19.2 Å². The number of hydrogen-bond donors (Lipinski definition) is 0. The summed E-state index contributed by atoms with van der Waals surface area (Å²) in [6, 6.07) is 25.2. The van der Waals surface area contributed by atoms with Crippen LogP contribution in [0.15, 0.2) is 88.1 Å². The molecule has 0 saturated carbocycles. The van der Waals surface area contributed by atoms with E-state index in [2.05, 4.69) is 48.3 Å². The molecule has 0 aliphatic heterocycles. The Kier molecular flexibility index (Phi) is 6.34. The van der Waals surface area contributed by atoms with Crippen LogP contribution >= 0.6 is 0 Å². The lowest BCUT2D eigenvalue weighted by Crippen LogP contribution is -2.17. The Hall–Kier alpha value is -3.57. The molecule has 0 aliphatic carbocycles. The minimum atomic E-state index is -0.364. The fourth-order valence-electron chi connectivity index (χ4n) is 3.49. The van der Waals surface area contributed by atoms with Crippen LogP contribution in [0.5, 0.6) is 11.5 Å². The van der Waals surface area contributed by atoms with Crippen LogP contribution in [0.2, 0.25) is 0 Å². The third-order valence-electron chi connectivity index (χ3n) is 5.06. The fraction of sp³-hybridized carbons (Fsp3) is 0.192. The first kappa shape index (κ1) is 20.7. The quantitative estimate of drug-likeness (QED) is 0.379. The van der Waals surface area contributed by atoms with Crippen LogP contribution in [0, 0.1) is 0 Å². The monoisotopic (exact) mass is 415 g/mol. The Morgan fingerprint density at radius 3 is 2.35 bits per heavy atom. The zero-order valence-electron chi connectivity index (χ0n) is 17.7. The van der Waals surface area contributed by atoms with Crippen molar-refractivity contribution in [3.63, 3.8) is 0 Å². The topological polar surface area (TPSA) is 51.9 Å². The average molecular weight is 415 g/mol. The van der Waals surface area contributed by atoms with Gasteiger partial charge in [0.05, 0.1) is 7.11 Å². The molecular formula is C26H25NO4. The molecule has 4 aromatic rings. The average Bonchev–Trinajstić information content (AvgIpc) is 2.78. The van der Waals surface area contributed by atoms with Gasteiger partial charge in [-0.2, -0.15) is 0 Å². The molecule has 0 saturated heterocycles. The molecule has 0 unspecified atom stereocenters. The van der Waals surface area contributed by atoms with Gasteiger partial charge in [0.15, 0.2) is 0 Å². The van der Waals surface area contributed by atoms with E-state index in [-0.39, 0.29) is 5.63 Å². The van der Waals surface area contributed by atoms with Gasteiger partial charge >= 0.3 is 5.63 Å². The minimum Gasteiger partial charge on any atom is -0.497 e. The molecule has 0 atom stereocenters. The van der Waals surface area contributed by atoms with E-state index >= 15 is 0 Å². The van der Waals surface area contributed by atoms with Crippen molar-refractivity contribution in [1.29, 1.82) is 0 Å². The predicted octanol–water partition coefficient (Wildman–Crippen LogP) is 5.01. The number of benzene rings is 3. The van der Waals surface area contributed by atoms with Gasteiger partial charge in [0.1, 0.15) is 23.7 Å². The molecule has 31 heavy (non-hydrogen) atoms. The van der Waals surface area contributed by atoms with E-state index in [9.17, 15) is 4.79 Å². The summed E-state index contributed by atoms with van der Waals surface area (Å²) in [5, 5.41) is 0.870. The highest BCUT2D eigenvalue weighted by atomic mass is 16.5. The van der Waals surface area contributed by atoms with Crippen molar-refractivity contribution in [3.8, 4) is 11.5 Å². The van der Waals surface area contributed by atoms with Crippen LogP contribution in [0.3, 0.4) is 0 Å². The largest absolute Gasteiger partial charge is 0.497 e. The molecule has 5 nitrogen and oxygen atoms in total. The first-order valence-corrected chi connectivity index (χ1v) is 10.1. The molecular weight excluding hydrogens is 390 g/mol. The maximum atomic E-state index is 11.4. The van der Waals surface area contributed by atoms with Gasteiger partial charge in [-0.3, -0.25) is 4.90 Å². The molecule has 0 radical (unpaired) electrons. The van der Waals surface area contributed by atoms with Gasteiger partial charge in [-0.05, 0) is 54.1 Å². The highest BCUT2D eigenvalue weighted by Crippen LogP contribution is 2.21. The van der Waals surface area contributed by atoms with E-state index < -0.39 is 0 Å². The molecule has 3 aromatic carbocycles. The molecule has 0 aliphatic rings. The summed E-state index contributed by atoms with van der Waals surface area (Å²) in [4.78, 5) is 13.7. The van der Waals surface area contributed by atoms with Gasteiger partial charge in [0.25, 0.3) is 0 Å². The Labute approximate surface area is 181 Å². The second-order valence-electron chi connectivity index (χ2n) is 7.58. The summed E-state index contributed by atoms with van der Waals surface area (Å²) in [7, 11) is 3.79. The minimum absolute atomic E-state index is 0.364. The van der Waals surface area contributed by atoms with Crippen molar-refractivity contribution in [2.75, 3.05) is 14.2 Å². The molecule has 0 N–H and O–H groups in total. The van der Waals surface area contributed by atoms with E-state index in [0.717, 1.165) is 29.8 Å². The van der Waals surface area contributed by atoms with Crippen LogP contribution in [0.25, 0.3) is 11.0 Å². The molecule has 0 fully saturated rings. The summed E-state index contributed by atoms with van der Waals surface area (Å²) < 4.78 is 16.4. The first-order chi connectivity index (χ1) is 15.1. The number of nitrogens with zero attached hydrogens (tertiary/aromatic N) is 1. The Morgan fingerprint density at radius 1 is 0.806 bits per heavy atom. The van der Waals surface area contributed by atoms with Gasteiger partial charge in [-0.1, -0.05) is 36.4 Å². The Bertz CT molecular complexity index is 1210.